The average molecular weight is 233 g/mol. The Hall–Kier alpha value is -0.840. The first-order valence-electron chi connectivity index (χ1n) is 3.31. The highest BCUT2D eigenvalue weighted by atomic mass is 79.9. The molecule has 4 nitrogen and oxygen atoms in total. The van der Waals surface area contributed by atoms with Crippen LogP contribution in [0, 0.1) is 6.92 Å². The molecule has 0 bridgehead atoms. The summed E-state index contributed by atoms with van der Waals surface area (Å²) < 4.78 is 10.6. The van der Waals surface area contributed by atoms with Gasteiger partial charge in [0.05, 0.1) is 14.2 Å². The van der Waals surface area contributed by atoms with E-state index in [1.54, 1.807) is 21.1 Å². The van der Waals surface area contributed by atoms with Crippen LogP contribution in [0.3, 0.4) is 0 Å². The molecule has 0 radical (unpaired) electrons. The van der Waals surface area contributed by atoms with E-state index in [0.29, 0.717) is 22.1 Å². The summed E-state index contributed by atoms with van der Waals surface area (Å²) in [6, 6.07) is 0. The summed E-state index contributed by atoms with van der Waals surface area (Å²) >= 11 is 3.26. The van der Waals surface area contributed by atoms with Crippen molar-refractivity contribution in [1.82, 2.24) is 9.97 Å². The predicted molar refractivity (Wildman–Crippen MR) is 47.6 cm³/mol. The minimum Gasteiger partial charge on any atom is -0.480 e. The van der Waals surface area contributed by atoms with Crippen LogP contribution in [0.4, 0.5) is 0 Å². The first-order chi connectivity index (χ1) is 5.69. The molecule has 0 saturated heterocycles. The van der Waals surface area contributed by atoms with Gasteiger partial charge in [0.1, 0.15) is 10.3 Å². The second-order valence-electron chi connectivity index (χ2n) is 2.10. The number of hydrogen-bond donors (Lipinski definition) is 0. The molecule has 0 unspecified atom stereocenters. The van der Waals surface area contributed by atoms with Gasteiger partial charge in [-0.15, -0.1) is 0 Å². The quantitative estimate of drug-likeness (QED) is 0.777. The van der Waals surface area contributed by atoms with E-state index in [0.717, 1.165) is 0 Å². The summed E-state index contributed by atoms with van der Waals surface area (Å²) in [6.45, 7) is 1.78. The molecule has 0 aliphatic heterocycles. The van der Waals surface area contributed by atoms with E-state index in [1.165, 1.54) is 0 Å². The summed E-state index contributed by atoms with van der Waals surface area (Å²) in [7, 11) is 3.10. The Morgan fingerprint density at radius 3 is 1.83 bits per heavy atom. The molecule has 66 valence electrons. The highest BCUT2D eigenvalue weighted by Gasteiger charge is 2.10. The maximum atomic E-state index is 4.99. The lowest BCUT2D eigenvalue weighted by atomic mass is 10.5. The summed E-state index contributed by atoms with van der Waals surface area (Å²) in [6.07, 6.45) is 0. The van der Waals surface area contributed by atoms with E-state index in [1.807, 2.05) is 0 Å². The minimum atomic E-state index is 0.486. The number of ether oxygens (including phenoxy) is 2. The number of nitrogens with zero attached hydrogens (tertiary/aromatic N) is 2. The fourth-order valence-corrected chi connectivity index (χ4v) is 1.28. The summed E-state index contributed by atoms with van der Waals surface area (Å²) in [5.41, 5.74) is 0. The molecule has 0 spiro atoms. The third-order valence-corrected chi connectivity index (χ3v) is 1.97. The van der Waals surface area contributed by atoms with Gasteiger partial charge in [0, 0.05) is 0 Å². The van der Waals surface area contributed by atoms with E-state index in [-0.39, 0.29) is 0 Å². The molecule has 0 amide bonds. The minimum absolute atomic E-state index is 0.486. The summed E-state index contributed by atoms with van der Waals surface area (Å²) in [5, 5.41) is 0. The van der Waals surface area contributed by atoms with Crippen LogP contribution < -0.4 is 9.47 Å². The molecule has 12 heavy (non-hydrogen) atoms. The molecule has 5 heteroatoms. The van der Waals surface area contributed by atoms with Gasteiger partial charge in [-0.1, -0.05) is 0 Å². The van der Waals surface area contributed by atoms with Gasteiger partial charge in [0.2, 0.25) is 11.8 Å². The third kappa shape index (κ3) is 1.66. The molecule has 1 rings (SSSR count). The zero-order valence-electron chi connectivity index (χ0n) is 7.09. The van der Waals surface area contributed by atoms with Crippen molar-refractivity contribution in [3.8, 4) is 11.8 Å². The van der Waals surface area contributed by atoms with Crippen LogP contribution in [0.15, 0.2) is 4.47 Å². The van der Waals surface area contributed by atoms with Crippen molar-refractivity contribution >= 4 is 15.9 Å². The number of aryl methyl sites for hydroxylation is 1. The number of methoxy groups -OCH3 is 2. The Morgan fingerprint density at radius 2 is 1.50 bits per heavy atom. The average Bonchev–Trinajstić information content (AvgIpc) is 2.08. The lowest BCUT2D eigenvalue weighted by Crippen LogP contribution is -1.98. The second kappa shape index (κ2) is 3.71. The van der Waals surface area contributed by atoms with Crippen LogP contribution in [-0.2, 0) is 0 Å². The number of rotatable bonds is 2. The van der Waals surface area contributed by atoms with Crippen LogP contribution in [-0.4, -0.2) is 24.2 Å². The zero-order valence-corrected chi connectivity index (χ0v) is 8.67. The lowest BCUT2D eigenvalue weighted by molar-refractivity contribution is 0.364. The van der Waals surface area contributed by atoms with E-state index < -0.39 is 0 Å². The Kier molecular flexibility index (Phi) is 2.86. The topological polar surface area (TPSA) is 44.2 Å². The van der Waals surface area contributed by atoms with E-state index in [9.17, 15) is 0 Å². The van der Waals surface area contributed by atoms with Gasteiger partial charge in [-0.3, -0.25) is 0 Å². The SMILES string of the molecule is COc1nc(C)nc(OC)c1Br. The van der Waals surface area contributed by atoms with E-state index >= 15 is 0 Å². The molecular formula is C7H9BrN2O2. The molecule has 0 aliphatic carbocycles. The van der Waals surface area contributed by atoms with Crippen molar-refractivity contribution in [1.29, 1.82) is 0 Å². The van der Waals surface area contributed by atoms with Crippen molar-refractivity contribution in [2.24, 2.45) is 0 Å². The second-order valence-corrected chi connectivity index (χ2v) is 2.90. The summed E-state index contributed by atoms with van der Waals surface area (Å²) in [4.78, 5) is 8.08. The Labute approximate surface area is 79.1 Å². The fraction of sp³-hybridized carbons (Fsp3) is 0.429. The molecule has 0 aromatic carbocycles. The van der Waals surface area contributed by atoms with Crippen molar-refractivity contribution in [2.45, 2.75) is 6.92 Å². The van der Waals surface area contributed by atoms with E-state index in [2.05, 4.69) is 25.9 Å². The molecule has 1 aromatic rings. The first-order valence-corrected chi connectivity index (χ1v) is 4.10. The highest BCUT2D eigenvalue weighted by Crippen LogP contribution is 2.30. The molecule has 0 N–H and O–H groups in total. The molecule has 0 fully saturated rings. The van der Waals surface area contributed by atoms with Crippen molar-refractivity contribution in [2.75, 3.05) is 14.2 Å². The molecule has 1 heterocycles. The molecule has 0 atom stereocenters. The normalized spacial score (nSPS) is 9.67. The van der Waals surface area contributed by atoms with Crippen LogP contribution in [0.2, 0.25) is 0 Å². The predicted octanol–water partition coefficient (Wildman–Crippen LogP) is 1.56. The Bertz CT molecular complexity index is 266. The largest absolute Gasteiger partial charge is 0.480 e. The van der Waals surface area contributed by atoms with Gasteiger partial charge in [0.15, 0.2) is 0 Å². The van der Waals surface area contributed by atoms with Gasteiger partial charge in [-0.25, -0.2) is 0 Å². The Morgan fingerprint density at radius 1 is 1.08 bits per heavy atom. The van der Waals surface area contributed by atoms with Gasteiger partial charge >= 0.3 is 0 Å². The van der Waals surface area contributed by atoms with Crippen molar-refractivity contribution in [3.05, 3.63) is 10.3 Å². The van der Waals surface area contributed by atoms with Crippen LogP contribution >= 0.6 is 15.9 Å². The first kappa shape index (κ1) is 9.25. The number of hydrogen-bond acceptors (Lipinski definition) is 4. The van der Waals surface area contributed by atoms with Crippen LogP contribution in [0.5, 0.6) is 11.8 Å². The van der Waals surface area contributed by atoms with Crippen molar-refractivity contribution < 1.29 is 9.47 Å². The monoisotopic (exact) mass is 232 g/mol. The maximum Gasteiger partial charge on any atom is 0.235 e. The van der Waals surface area contributed by atoms with Crippen LogP contribution in [0.25, 0.3) is 0 Å². The van der Waals surface area contributed by atoms with Crippen molar-refractivity contribution in [3.63, 3.8) is 0 Å². The van der Waals surface area contributed by atoms with Gasteiger partial charge in [-0.2, -0.15) is 9.97 Å². The Balaban J connectivity index is 3.22. The van der Waals surface area contributed by atoms with Gasteiger partial charge < -0.3 is 9.47 Å². The lowest BCUT2D eigenvalue weighted by Gasteiger charge is -2.06. The molecular weight excluding hydrogens is 224 g/mol. The number of halogens is 1. The van der Waals surface area contributed by atoms with Crippen LogP contribution in [0.1, 0.15) is 5.82 Å². The summed E-state index contributed by atoms with van der Waals surface area (Å²) in [5.74, 6) is 1.59. The molecule has 0 saturated carbocycles. The smallest absolute Gasteiger partial charge is 0.235 e. The third-order valence-electron chi connectivity index (χ3n) is 1.29. The fourth-order valence-electron chi connectivity index (χ4n) is 0.779. The van der Waals surface area contributed by atoms with E-state index in [4.69, 9.17) is 9.47 Å². The maximum absolute atomic E-state index is 4.99. The molecule has 1 aromatic heterocycles. The zero-order chi connectivity index (χ0) is 9.14. The number of aromatic nitrogens is 2. The standard InChI is InChI=1S/C7H9BrN2O2/c1-4-9-6(11-2)5(8)7(10-4)12-3/h1-3H3. The van der Waals surface area contributed by atoms with Gasteiger partial charge in [0.25, 0.3) is 0 Å². The highest BCUT2D eigenvalue weighted by molar-refractivity contribution is 9.10. The van der Waals surface area contributed by atoms with Gasteiger partial charge in [-0.05, 0) is 22.9 Å². The molecule has 0 aliphatic rings.